The van der Waals surface area contributed by atoms with Crippen molar-refractivity contribution < 1.29 is 14.6 Å². The summed E-state index contributed by atoms with van der Waals surface area (Å²) in [7, 11) is 0. The molecule has 3 rings (SSSR count). The summed E-state index contributed by atoms with van der Waals surface area (Å²) in [5.74, 6) is -0.718. The number of benzene rings is 2. The van der Waals surface area contributed by atoms with E-state index in [2.05, 4.69) is 60.0 Å². The molecule has 1 N–H and O–H groups in total. The van der Waals surface area contributed by atoms with Crippen LogP contribution in [0.1, 0.15) is 25.0 Å². The van der Waals surface area contributed by atoms with Gasteiger partial charge in [0.1, 0.15) is 18.3 Å². The van der Waals surface area contributed by atoms with Gasteiger partial charge in [0.25, 0.3) is 0 Å². The number of aliphatic hydroxyl groups is 1. The van der Waals surface area contributed by atoms with Gasteiger partial charge in [-0.2, -0.15) is 0 Å². The molecule has 0 spiro atoms. The molecule has 1 saturated heterocycles. The van der Waals surface area contributed by atoms with Gasteiger partial charge in [0.2, 0.25) is 0 Å². The van der Waals surface area contributed by atoms with Gasteiger partial charge in [-0.05, 0) is 25.0 Å². The smallest absolute Gasteiger partial charge is 0.163 e. The Morgan fingerprint density at radius 1 is 1.00 bits per heavy atom. The van der Waals surface area contributed by atoms with E-state index in [1.165, 1.54) is 17.2 Å². The van der Waals surface area contributed by atoms with Crippen molar-refractivity contribution >= 4 is 0 Å². The molecule has 2 aromatic rings. The molecule has 4 heteroatoms. The summed E-state index contributed by atoms with van der Waals surface area (Å²) in [6, 6.07) is 20.8. The third-order valence-electron chi connectivity index (χ3n) is 4.74. The minimum absolute atomic E-state index is 0.236. The summed E-state index contributed by atoms with van der Waals surface area (Å²) in [5, 5.41) is 10.3. The van der Waals surface area contributed by atoms with Crippen LogP contribution in [0.15, 0.2) is 73.3 Å². The van der Waals surface area contributed by atoms with Gasteiger partial charge in [0.15, 0.2) is 5.79 Å². The third-order valence-corrected chi connectivity index (χ3v) is 4.74. The standard InChI is InChI=1S/C23H29NO3/c1-4-20(25)22-21(26-23(2,3)27-22)17-24(15-18-11-7-5-8-12-18)16-19-13-9-6-10-14-19/h4-14,20-22,25H,1,15-17H2,2-3H3/t20-,21+,22-/m0/s1. The Morgan fingerprint density at radius 3 is 2.00 bits per heavy atom. The Hall–Kier alpha value is -1.98. The van der Waals surface area contributed by atoms with Gasteiger partial charge >= 0.3 is 0 Å². The first-order chi connectivity index (χ1) is 13.0. The number of aliphatic hydroxyl groups excluding tert-OH is 1. The molecule has 1 aliphatic heterocycles. The van der Waals surface area contributed by atoms with Crippen LogP contribution in [-0.4, -0.2) is 40.7 Å². The maximum absolute atomic E-state index is 10.3. The molecule has 27 heavy (non-hydrogen) atoms. The van der Waals surface area contributed by atoms with Crippen LogP contribution in [0, 0.1) is 0 Å². The van der Waals surface area contributed by atoms with Gasteiger partial charge in [-0.15, -0.1) is 6.58 Å². The Kier molecular flexibility index (Phi) is 6.45. The molecule has 0 amide bonds. The SMILES string of the molecule is C=C[C@H](O)[C@@H]1OC(C)(C)O[C@@H]1CN(Cc1ccccc1)Cc1ccccc1. The highest BCUT2D eigenvalue weighted by molar-refractivity contribution is 5.17. The highest BCUT2D eigenvalue weighted by Gasteiger charge is 2.44. The molecule has 0 bridgehead atoms. The minimum Gasteiger partial charge on any atom is -0.386 e. The Balaban J connectivity index is 1.78. The molecule has 1 aliphatic rings. The highest BCUT2D eigenvalue weighted by atomic mass is 16.8. The maximum atomic E-state index is 10.3. The first-order valence-electron chi connectivity index (χ1n) is 9.43. The summed E-state index contributed by atoms with van der Waals surface area (Å²) < 4.78 is 12.1. The number of rotatable bonds is 8. The van der Waals surface area contributed by atoms with E-state index in [4.69, 9.17) is 9.47 Å². The molecule has 0 saturated carbocycles. The monoisotopic (exact) mass is 367 g/mol. The molecule has 4 nitrogen and oxygen atoms in total. The zero-order valence-electron chi connectivity index (χ0n) is 16.1. The Bertz CT molecular complexity index is 675. The summed E-state index contributed by atoms with van der Waals surface area (Å²) in [6.45, 7) is 9.72. The summed E-state index contributed by atoms with van der Waals surface area (Å²) >= 11 is 0. The predicted molar refractivity (Wildman–Crippen MR) is 107 cm³/mol. The lowest BCUT2D eigenvalue weighted by atomic mass is 10.1. The zero-order chi connectivity index (χ0) is 19.3. The van der Waals surface area contributed by atoms with Crippen molar-refractivity contribution in [3.63, 3.8) is 0 Å². The van der Waals surface area contributed by atoms with Crippen molar-refractivity contribution in [2.75, 3.05) is 6.54 Å². The lowest BCUT2D eigenvalue weighted by Crippen LogP contribution is -2.41. The molecule has 0 unspecified atom stereocenters. The van der Waals surface area contributed by atoms with Crippen LogP contribution < -0.4 is 0 Å². The second-order valence-corrected chi connectivity index (χ2v) is 7.51. The van der Waals surface area contributed by atoms with Crippen molar-refractivity contribution in [2.45, 2.75) is 51.0 Å². The lowest BCUT2D eigenvalue weighted by Gasteiger charge is -2.28. The molecule has 0 aromatic heterocycles. The van der Waals surface area contributed by atoms with Crippen LogP contribution in [0.3, 0.4) is 0 Å². The van der Waals surface area contributed by atoms with E-state index in [9.17, 15) is 5.11 Å². The number of ether oxygens (including phenoxy) is 2. The van der Waals surface area contributed by atoms with Gasteiger partial charge in [-0.1, -0.05) is 66.7 Å². The first kappa shape index (κ1) is 19.8. The summed E-state index contributed by atoms with van der Waals surface area (Å²) in [4.78, 5) is 2.34. The Labute approximate surface area is 162 Å². The lowest BCUT2D eigenvalue weighted by molar-refractivity contribution is -0.153. The molecular weight excluding hydrogens is 338 g/mol. The number of hydrogen-bond acceptors (Lipinski definition) is 4. The second-order valence-electron chi connectivity index (χ2n) is 7.51. The van der Waals surface area contributed by atoms with E-state index in [0.717, 1.165) is 13.1 Å². The van der Waals surface area contributed by atoms with E-state index in [1.807, 2.05) is 26.0 Å². The summed E-state index contributed by atoms with van der Waals surface area (Å²) in [5.41, 5.74) is 2.49. The fourth-order valence-electron chi connectivity index (χ4n) is 3.55. The van der Waals surface area contributed by atoms with E-state index in [1.54, 1.807) is 0 Å². The van der Waals surface area contributed by atoms with E-state index >= 15 is 0 Å². The third kappa shape index (κ3) is 5.50. The number of hydrogen-bond donors (Lipinski definition) is 1. The molecule has 0 radical (unpaired) electrons. The van der Waals surface area contributed by atoms with Crippen LogP contribution in [-0.2, 0) is 22.6 Å². The maximum Gasteiger partial charge on any atom is 0.163 e. The topological polar surface area (TPSA) is 41.9 Å². The predicted octanol–water partition coefficient (Wildman–Crippen LogP) is 3.76. The van der Waals surface area contributed by atoms with Crippen LogP contribution >= 0.6 is 0 Å². The molecule has 3 atom stereocenters. The average Bonchev–Trinajstić information content (AvgIpc) is 2.97. The van der Waals surface area contributed by atoms with Crippen LogP contribution in [0.2, 0.25) is 0 Å². The second kappa shape index (κ2) is 8.81. The quantitative estimate of drug-likeness (QED) is 0.722. The van der Waals surface area contributed by atoms with Crippen molar-refractivity contribution in [2.24, 2.45) is 0 Å². The number of nitrogens with zero attached hydrogens (tertiary/aromatic N) is 1. The van der Waals surface area contributed by atoms with Crippen molar-refractivity contribution in [3.8, 4) is 0 Å². The minimum atomic E-state index is -0.757. The van der Waals surface area contributed by atoms with Crippen LogP contribution in [0.5, 0.6) is 0 Å². The fraction of sp³-hybridized carbons (Fsp3) is 0.391. The summed E-state index contributed by atoms with van der Waals surface area (Å²) in [6.07, 6.45) is 0.0975. The molecule has 144 valence electrons. The van der Waals surface area contributed by atoms with Crippen LogP contribution in [0.25, 0.3) is 0 Å². The molecule has 1 fully saturated rings. The molecular formula is C23H29NO3. The average molecular weight is 367 g/mol. The van der Waals surface area contributed by atoms with Crippen molar-refractivity contribution in [3.05, 3.63) is 84.4 Å². The van der Waals surface area contributed by atoms with Crippen molar-refractivity contribution in [1.82, 2.24) is 4.90 Å². The van der Waals surface area contributed by atoms with Gasteiger partial charge in [-0.25, -0.2) is 0 Å². The molecule has 1 heterocycles. The normalized spacial score (nSPS) is 22.7. The van der Waals surface area contributed by atoms with E-state index in [0.29, 0.717) is 6.54 Å². The van der Waals surface area contributed by atoms with Gasteiger partial charge < -0.3 is 14.6 Å². The molecule has 2 aromatic carbocycles. The highest BCUT2D eigenvalue weighted by Crippen LogP contribution is 2.31. The largest absolute Gasteiger partial charge is 0.386 e. The van der Waals surface area contributed by atoms with Gasteiger partial charge in [0, 0.05) is 19.6 Å². The Morgan fingerprint density at radius 2 is 1.52 bits per heavy atom. The molecule has 0 aliphatic carbocycles. The van der Waals surface area contributed by atoms with E-state index in [-0.39, 0.29) is 6.10 Å². The van der Waals surface area contributed by atoms with Crippen LogP contribution in [0.4, 0.5) is 0 Å². The van der Waals surface area contributed by atoms with Gasteiger partial charge in [0.05, 0.1) is 0 Å². The van der Waals surface area contributed by atoms with Crippen molar-refractivity contribution in [1.29, 1.82) is 0 Å². The zero-order valence-corrected chi connectivity index (χ0v) is 16.1. The van der Waals surface area contributed by atoms with E-state index < -0.39 is 18.0 Å². The first-order valence-corrected chi connectivity index (χ1v) is 9.43. The fourth-order valence-corrected chi connectivity index (χ4v) is 3.55. The van der Waals surface area contributed by atoms with Gasteiger partial charge in [-0.3, -0.25) is 4.90 Å².